The van der Waals surface area contributed by atoms with Crippen molar-refractivity contribution in [1.29, 1.82) is 0 Å². The number of nitrogens with zero attached hydrogens (tertiary/aromatic N) is 3. The van der Waals surface area contributed by atoms with Crippen molar-refractivity contribution in [2.45, 2.75) is 12.8 Å². The highest BCUT2D eigenvalue weighted by atomic mass is 35.5. The molecule has 1 aliphatic carbocycles. The van der Waals surface area contributed by atoms with Gasteiger partial charge in [-0.25, -0.2) is 0 Å². The van der Waals surface area contributed by atoms with E-state index in [1.807, 2.05) is 12.3 Å². The highest BCUT2D eigenvalue weighted by Crippen LogP contribution is 2.30. The van der Waals surface area contributed by atoms with Gasteiger partial charge in [-0.2, -0.15) is 9.78 Å². The lowest BCUT2D eigenvalue weighted by Crippen LogP contribution is -2.24. The Morgan fingerprint density at radius 1 is 1.05 bits per heavy atom. The molecule has 5 heteroatoms. The van der Waals surface area contributed by atoms with Crippen molar-refractivity contribution in [1.82, 2.24) is 14.8 Å². The van der Waals surface area contributed by atoms with Gasteiger partial charge in [-0.15, -0.1) is 0 Å². The maximum Gasteiger partial charge on any atom is 0.271 e. The first-order valence-corrected chi connectivity index (χ1v) is 7.42. The molecule has 0 saturated heterocycles. The van der Waals surface area contributed by atoms with E-state index in [1.165, 1.54) is 10.2 Å². The van der Waals surface area contributed by atoms with Gasteiger partial charge >= 0.3 is 0 Å². The van der Waals surface area contributed by atoms with E-state index in [9.17, 15) is 4.79 Å². The Kier molecular flexibility index (Phi) is 3.05. The van der Waals surface area contributed by atoms with E-state index in [-0.39, 0.29) is 5.56 Å². The molecule has 0 radical (unpaired) electrons. The lowest BCUT2D eigenvalue weighted by atomic mass is 9.91. The average molecular weight is 310 g/mol. The highest BCUT2D eigenvalue weighted by molar-refractivity contribution is 6.30. The van der Waals surface area contributed by atoms with Gasteiger partial charge in [-0.05, 0) is 54.3 Å². The van der Waals surface area contributed by atoms with Crippen molar-refractivity contribution in [3.63, 3.8) is 0 Å². The summed E-state index contributed by atoms with van der Waals surface area (Å²) < 4.78 is 1.41. The largest absolute Gasteiger partial charge is 0.271 e. The number of halogens is 1. The molecule has 0 atom stereocenters. The molecule has 0 bridgehead atoms. The fourth-order valence-corrected chi connectivity index (χ4v) is 2.93. The molecule has 0 aliphatic heterocycles. The Bertz CT molecular complexity index is 916. The van der Waals surface area contributed by atoms with E-state index in [0.717, 1.165) is 29.7 Å². The Balaban J connectivity index is 1.94. The van der Waals surface area contributed by atoms with Crippen LogP contribution in [0.3, 0.4) is 0 Å². The molecule has 2 heterocycles. The van der Waals surface area contributed by atoms with Crippen molar-refractivity contribution < 1.29 is 0 Å². The number of aromatic nitrogens is 3. The Morgan fingerprint density at radius 2 is 1.82 bits per heavy atom. The van der Waals surface area contributed by atoms with E-state index in [1.54, 1.807) is 36.5 Å². The molecule has 1 aliphatic rings. The quantitative estimate of drug-likeness (QED) is 0.694. The fourth-order valence-electron chi connectivity index (χ4n) is 2.80. The predicted molar refractivity (Wildman–Crippen MR) is 85.5 cm³/mol. The van der Waals surface area contributed by atoms with Gasteiger partial charge < -0.3 is 0 Å². The summed E-state index contributed by atoms with van der Waals surface area (Å²) in [6.07, 6.45) is 5.35. The number of fused-ring (bicyclic) bond motifs is 3. The van der Waals surface area contributed by atoms with Gasteiger partial charge in [0.25, 0.3) is 5.56 Å². The summed E-state index contributed by atoms with van der Waals surface area (Å²) >= 11 is 5.91. The Labute approximate surface area is 132 Å². The van der Waals surface area contributed by atoms with Gasteiger partial charge in [-0.3, -0.25) is 9.78 Å². The minimum Gasteiger partial charge on any atom is -0.267 e. The van der Waals surface area contributed by atoms with E-state index >= 15 is 0 Å². The molecule has 0 spiro atoms. The van der Waals surface area contributed by atoms with Crippen LogP contribution in [0.4, 0.5) is 0 Å². The third kappa shape index (κ3) is 2.12. The molecule has 0 N–H and O–H groups in total. The standard InChI is InChI=1S/C17H12ClN3O/c18-13-3-5-14(6-4-13)21-16(22)9-12-2-1-11-7-8-19-10-15(11)17(12)20-21/h3-10H,1-2H2. The first kappa shape index (κ1) is 13.2. The first-order chi connectivity index (χ1) is 10.7. The molecule has 2 aromatic heterocycles. The monoisotopic (exact) mass is 309 g/mol. The van der Waals surface area contributed by atoms with Gasteiger partial charge in [0, 0.05) is 29.0 Å². The second kappa shape index (κ2) is 5.07. The lowest BCUT2D eigenvalue weighted by molar-refractivity contribution is 0.782. The minimum absolute atomic E-state index is 0.131. The lowest BCUT2D eigenvalue weighted by Gasteiger charge is -2.19. The fraction of sp³-hybridized carbons (Fsp3) is 0.118. The zero-order valence-electron chi connectivity index (χ0n) is 11.7. The molecule has 22 heavy (non-hydrogen) atoms. The molecule has 0 saturated carbocycles. The van der Waals surface area contributed by atoms with Gasteiger partial charge in [0.1, 0.15) is 0 Å². The van der Waals surface area contributed by atoms with E-state index in [2.05, 4.69) is 10.1 Å². The summed E-state index contributed by atoms with van der Waals surface area (Å²) in [5, 5.41) is 5.20. The van der Waals surface area contributed by atoms with Crippen molar-refractivity contribution >= 4 is 11.6 Å². The molecule has 0 unspecified atom stereocenters. The molecule has 1 aromatic carbocycles. The second-order valence-electron chi connectivity index (χ2n) is 5.28. The van der Waals surface area contributed by atoms with Crippen LogP contribution in [0.1, 0.15) is 11.1 Å². The molecule has 0 fully saturated rings. The van der Waals surface area contributed by atoms with E-state index in [0.29, 0.717) is 10.7 Å². The van der Waals surface area contributed by atoms with Crippen LogP contribution in [0.25, 0.3) is 16.9 Å². The molecule has 4 rings (SSSR count). The van der Waals surface area contributed by atoms with Crippen LogP contribution >= 0.6 is 11.6 Å². The zero-order valence-corrected chi connectivity index (χ0v) is 12.4. The Hall–Kier alpha value is -2.46. The third-order valence-electron chi connectivity index (χ3n) is 3.91. The topological polar surface area (TPSA) is 47.8 Å². The van der Waals surface area contributed by atoms with Gasteiger partial charge in [0.2, 0.25) is 0 Å². The predicted octanol–water partition coefficient (Wildman–Crippen LogP) is 3.05. The number of hydrogen-bond acceptors (Lipinski definition) is 3. The van der Waals surface area contributed by atoms with E-state index in [4.69, 9.17) is 11.6 Å². The number of benzene rings is 1. The summed E-state index contributed by atoms with van der Waals surface area (Å²) in [5.74, 6) is 0. The van der Waals surface area contributed by atoms with Crippen molar-refractivity contribution in [3.8, 4) is 16.9 Å². The first-order valence-electron chi connectivity index (χ1n) is 7.05. The normalized spacial score (nSPS) is 12.6. The molecular weight excluding hydrogens is 298 g/mol. The Morgan fingerprint density at radius 3 is 2.64 bits per heavy atom. The van der Waals surface area contributed by atoms with Gasteiger partial charge in [0.05, 0.1) is 11.4 Å². The summed E-state index contributed by atoms with van der Waals surface area (Å²) in [5.41, 5.74) is 4.61. The maximum absolute atomic E-state index is 12.3. The third-order valence-corrected chi connectivity index (χ3v) is 4.16. The van der Waals surface area contributed by atoms with Crippen LogP contribution in [0.2, 0.25) is 5.02 Å². The molecular formula is C17H12ClN3O. The van der Waals surface area contributed by atoms with Gasteiger partial charge in [0.15, 0.2) is 0 Å². The molecule has 4 nitrogen and oxygen atoms in total. The smallest absolute Gasteiger partial charge is 0.267 e. The molecule has 108 valence electrons. The van der Waals surface area contributed by atoms with Crippen LogP contribution in [-0.4, -0.2) is 14.8 Å². The van der Waals surface area contributed by atoms with Crippen molar-refractivity contribution in [3.05, 3.63) is 75.3 Å². The van der Waals surface area contributed by atoms with E-state index < -0.39 is 0 Å². The van der Waals surface area contributed by atoms with Crippen molar-refractivity contribution in [2.75, 3.05) is 0 Å². The van der Waals surface area contributed by atoms with Crippen LogP contribution < -0.4 is 5.56 Å². The van der Waals surface area contributed by atoms with Crippen LogP contribution in [0.5, 0.6) is 0 Å². The highest BCUT2D eigenvalue weighted by Gasteiger charge is 2.19. The molecule has 0 amide bonds. The number of rotatable bonds is 1. The van der Waals surface area contributed by atoms with Gasteiger partial charge in [-0.1, -0.05) is 11.6 Å². The van der Waals surface area contributed by atoms with Crippen molar-refractivity contribution in [2.24, 2.45) is 0 Å². The van der Waals surface area contributed by atoms with Crippen LogP contribution in [0, 0.1) is 0 Å². The second-order valence-corrected chi connectivity index (χ2v) is 5.71. The molecule has 3 aromatic rings. The summed E-state index contributed by atoms with van der Waals surface area (Å²) in [4.78, 5) is 16.5. The average Bonchev–Trinajstić information content (AvgIpc) is 2.55. The minimum atomic E-state index is -0.131. The number of pyridine rings is 1. The zero-order chi connectivity index (χ0) is 15.1. The van der Waals surface area contributed by atoms with Crippen LogP contribution in [0.15, 0.2) is 53.6 Å². The maximum atomic E-state index is 12.3. The SMILES string of the molecule is O=c1cc2c(nn1-c1ccc(Cl)cc1)-c1cnccc1CC2. The number of aryl methyl sites for hydroxylation is 2. The number of hydrogen-bond donors (Lipinski definition) is 0. The summed E-state index contributed by atoms with van der Waals surface area (Å²) in [6, 6.07) is 10.8. The summed E-state index contributed by atoms with van der Waals surface area (Å²) in [6.45, 7) is 0. The van der Waals surface area contributed by atoms with Crippen LogP contribution in [-0.2, 0) is 12.8 Å². The summed E-state index contributed by atoms with van der Waals surface area (Å²) in [7, 11) is 0.